The molecule has 1 saturated heterocycles. The third kappa shape index (κ3) is 4.23. The van der Waals surface area contributed by atoms with Crippen molar-refractivity contribution in [2.24, 2.45) is 0 Å². The Labute approximate surface area is 188 Å². The van der Waals surface area contributed by atoms with Gasteiger partial charge in [0.15, 0.2) is 0 Å². The molecule has 0 saturated carbocycles. The van der Waals surface area contributed by atoms with E-state index in [9.17, 15) is 0 Å². The second kappa shape index (κ2) is 9.01. The average Bonchev–Trinajstić information content (AvgIpc) is 2.80. The molecule has 1 nitrogen and oxygen atoms in total. The largest absolute Gasteiger partial charge is 0.303 e. The fourth-order valence-electron chi connectivity index (χ4n) is 4.67. The highest BCUT2D eigenvalue weighted by molar-refractivity contribution is 7.99. The molecule has 0 bridgehead atoms. The average molecular weight is 432 g/mol. The molecule has 0 radical (unpaired) electrons. The monoisotopic (exact) mass is 431 g/mol. The number of likely N-dealkylation sites (tertiary alicyclic amines) is 1. The topological polar surface area (TPSA) is 3.24 Å². The highest BCUT2D eigenvalue weighted by Crippen LogP contribution is 2.46. The first-order valence-corrected chi connectivity index (χ1v) is 12.0. The molecule has 0 amide bonds. The zero-order valence-corrected chi connectivity index (χ0v) is 18.6. The number of benzene rings is 3. The number of hydrogen-bond donors (Lipinski definition) is 0. The minimum absolute atomic E-state index is 0.720. The van der Waals surface area contributed by atoms with Crippen LogP contribution in [0.2, 0.25) is 5.02 Å². The summed E-state index contributed by atoms with van der Waals surface area (Å²) in [5.74, 6) is 0.720. The zero-order valence-electron chi connectivity index (χ0n) is 17.1. The van der Waals surface area contributed by atoms with Gasteiger partial charge in [-0.1, -0.05) is 78.0 Å². The Balaban J connectivity index is 1.28. The Morgan fingerprint density at radius 3 is 2.43 bits per heavy atom. The van der Waals surface area contributed by atoms with Gasteiger partial charge in [0.1, 0.15) is 0 Å². The molecule has 0 aromatic heterocycles. The Morgan fingerprint density at radius 2 is 1.60 bits per heavy atom. The Morgan fingerprint density at radius 1 is 0.867 bits per heavy atom. The van der Waals surface area contributed by atoms with Gasteiger partial charge in [-0.05, 0) is 84.8 Å². The molecule has 3 heteroatoms. The van der Waals surface area contributed by atoms with Gasteiger partial charge in [0.2, 0.25) is 0 Å². The SMILES string of the molecule is Clc1ccc2c(c1)/C(=C\CCN1CCC(c3ccccc3)CC1)c1ccccc1S2. The van der Waals surface area contributed by atoms with Crippen molar-refractivity contribution in [3.63, 3.8) is 0 Å². The number of piperidine rings is 1. The van der Waals surface area contributed by atoms with Crippen LogP contribution in [0.1, 0.15) is 41.9 Å². The number of hydrogen-bond acceptors (Lipinski definition) is 2. The summed E-state index contributed by atoms with van der Waals surface area (Å²) in [6.45, 7) is 3.51. The minimum Gasteiger partial charge on any atom is -0.303 e. The molecule has 2 aliphatic heterocycles. The first-order valence-electron chi connectivity index (χ1n) is 10.8. The standard InChI is InChI=1S/C27H26ClNS/c28-22-12-13-27-25(19-22)23(24-9-4-5-11-26(24)30-27)10-6-16-29-17-14-21(15-18-29)20-7-2-1-3-8-20/h1-5,7-13,19,21H,6,14-18H2/b23-10-. The van der Waals surface area contributed by atoms with E-state index in [-0.39, 0.29) is 0 Å². The molecule has 3 aromatic rings. The zero-order chi connectivity index (χ0) is 20.3. The molecule has 0 spiro atoms. The van der Waals surface area contributed by atoms with Crippen LogP contribution in [-0.2, 0) is 0 Å². The van der Waals surface area contributed by atoms with Gasteiger partial charge in [0.05, 0.1) is 0 Å². The number of rotatable bonds is 4. The lowest BCUT2D eigenvalue weighted by atomic mass is 9.89. The lowest BCUT2D eigenvalue weighted by Gasteiger charge is -2.32. The van der Waals surface area contributed by atoms with Crippen molar-refractivity contribution in [2.45, 2.75) is 35.0 Å². The third-order valence-electron chi connectivity index (χ3n) is 6.28. The summed E-state index contributed by atoms with van der Waals surface area (Å²) >= 11 is 8.19. The van der Waals surface area contributed by atoms with Crippen molar-refractivity contribution in [3.8, 4) is 0 Å². The van der Waals surface area contributed by atoms with Gasteiger partial charge >= 0.3 is 0 Å². The number of nitrogens with zero attached hydrogens (tertiary/aromatic N) is 1. The second-order valence-electron chi connectivity index (χ2n) is 8.17. The van der Waals surface area contributed by atoms with E-state index in [1.807, 2.05) is 17.8 Å². The van der Waals surface area contributed by atoms with Crippen LogP contribution in [0.3, 0.4) is 0 Å². The van der Waals surface area contributed by atoms with E-state index in [1.54, 1.807) is 0 Å². The molecule has 2 aliphatic rings. The molecule has 0 unspecified atom stereocenters. The quantitative estimate of drug-likeness (QED) is 0.329. The van der Waals surface area contributed by atoms with Crippen molar-refractivity contribution in [3.05, 3.63) is 101 Å². The molecule has 3 aromatic carbocycles. The molecule has 0 atom stereocenters. The van der Waals surface area contributed by atoms with Gasteiger partial charge in [-0.25, -0.2) is 0 Å². The molecule has 1 fully saturated rings. The molecule has 0 aliphatic carbocycles. The van der Waals surface area contributed by atoms with Crippen molar-refractivity contribution in [1.29, 1.82) is 0 Å². The fraction of sp³-hybridized carbons (Fsp3) is 0.259. The molecule has 152 valence electrons. The van der Waals surface area contributed by atoms with Crippen LogP contribution in [-0.4, -0.2) is 24.5 Å². The summed E-state index contributed by atoms with van der Waals surface area (Å²) in [7, 11) is 0. The summed E-state index contributed by atoms with van der Waals surface area (Å²) in [6, 6.07) is 26.0. The Bertz CT molecular complexity index is 1050. The summed E-state index contributed by atoms with van der Waals surface area (Å²) in [5, 5.41) is 0.808. The summed E-state index contributed by atoms with van der Waals surface area (Å²) < 4.78 is 0. The van der Waals surface area contributed by atoms with Crippen molar-refractivity contribution < 1.29 is 0 Å². The van der Waals surface area contributed by atoms with Gasteiger partial charge in [-0.15, -0.1) is 0 Å². The normalized spacial score (nSPS) is 18.2. The molecule has 2 heterocycles. The summed E-state index contributed by atoms with van der Waals surface area (Å²) in [5.41, 5.74) is 5.44. The van der Waals surface area contributed by atoms with Gasteiger partial charge in [0, 0.05) is 21.4 Å². The molecular formula is C27H26ClNS. The highest BCUT2D eigenvalue weighted by Gasteiger charge is 2.22. The Hall–Kier alpha value is -2.00. The van der Waals surface area contributed by atoms with Crippen molar-refractivity contribution in [2.75, 3.05) is 19.6 Å². The lowest BCUT2D eigenvalue weighted by Crippen LogP contribution is -2.33. The molecule has 30 heavy (non-hydrogen) atoms. The van der Waals surface area contributed by atoms with E-state index < -0.39 is 0 Å². The minimum atomic E-state index is 0.720. The fourth-order valence-corrected chi connectivity index (χ4v) is 5.93. The van der Waals surface area contributed by atoms with Crippen LogP contribution in [0.4, 0.5) is 0 Å². The smallest absolute Gasteiger partial charge is 0.0412 e. The second-order valence-corrected chi connectivity index (χ2v) is 9.69. The van der Waals surface area contributed by atoms with Crippen LogP contribution >= 0.6 is 23.4 Å². The molecule has 5 rings (SSSR count). The van der Waals surface area contributed by atoms with E-state index in [4.69, 9.17) is 11.6 Å². The van der Waals surface area contributed by atoms with E-state index in [2.05, 4.69) is 77.7 Å². The van der Waals surface area contributed by atoms with Crippen molar-refractivity contribution >= 4 is 28.9 Å². The van der Waals surface area contributed by atoms with Crippen LogP contribution in [0.5, 0.6) is 0 Å². The first-order chi connectivity index (χ1) is 14.8. The van der Waals surface area contributed by atoms with Gasteiger partial charge < -0.3 is 4.90 Å². The molecular weight excluding hydrogens is 406 g/mol. The highest BCUT2D eigenvalue weighted by atomic mass is 35.5. The third-order valence-corrected chi connectivity index (χ3v) is 7.67. The maximum absolute atomic E-state index is 6.34. The number of halogens is 1. The summed E-state index contributed by atoms with van der Waals surface area (Å²) in [6.07, 6.45) is 6.02. The maximum Gasteiger partial charge on any atom is 0.0412 e. The van der Waals surface area contributed by atoms with Gasteiger partial charge in [-0.2, -0.15) is 0 Å². The van der Waals surface area contributed by atoms with Crippen LogP contribution < -0.4 is 0 Å². The van der Waals surface area contributed by atoms with Crippen LogP contribution in [0, 0.1) is 0 Å². The summed E-state index contributed by atoms with van der Waals surface area (Å²) in [4.78, 5) is 5.26. The maximum atomic E-state index is 6.34. The predicted molar refractivity (Wildman–Crippen MR) is 129 cm³/mol. The number of fused-ring (bicyclic) bond motifs is 2. The van der Waals surface area contributed by atoms with Crippen molar-refractivity contribution in [1.82, 2.24) is 4.90 Å². The van der Waals surface area contributed by atoms with E-state index in [0.29, 0.717) is 0 Å². The van der Waals surface area contributed by atoms with E-state index in [1.165, 1.54) is 58.0 Å². The van der Waals surface area contributed by atoms with Crippen LogP contribution in [0.25, 0.3) is 5.57 Å². The lowest BCUT2D eigenvalue weighted by molar-refractivity contribution is 0.216. The van der Waals surface area contributed by atoms with E-state index in [0.717, 1.165) is 23.9 Å². The van der Waals surface area contributed by atoms with Gasteiger partial charge in [-0.3, -0.25) is 0 Å². The predicted octanol–water partition coefficient (Wildman–Crippen LogP) is 7.51. The molecule has 0 N–H and O–H groups in total. The van der Waals surface area contributed by atoms with Gasteiger partial charge in [0.25, 0.3) is 0 Å². The Kier molecular flexibility index (Phi) is 5.99. The van der Waals surface area contributed by atoms with E-state index >= 15 is 0 Å². The van der Waals surface area contributed by atoms with Crippen LogP contribution in [0.15, 0.2) is 88.7 Å². The first kappa shape index (κ1) is 19.9.